The number of rotatable bonds is 3. The monoisotopic (exact) mass is 213 g/mol. The van der Waals surface area contributed by atoms with Crippen LogP contribution in [0.25, 0.3) is 11.7 Å². The van der Waals surface area contributed by atoms with Crippen LogP contribution in [0.5, 0.6) is 0 Å². The molecule has 0 saturated heterocycles. The van der Waals surface area contributed by atoms with Gasteiger partial charge in [0, 0.05) is 13.0 Å². The number of hydrogen-bond donors (Lipinski definition) is 1. The molecule has 2 aromatic rings. The molecule has 74 valence electrons. The summed E-state index contributed by atoms with van der Waals surface area (Å²) in [7, 11) is 0. The van der Waals surface area contributed by atoms with Gasteiger partial charge in [0.25, 0.3) is 5.89 Å². The molecular weight excluding hydrogens is 206 g/mol. The first-order valence-corrected chi connectivity index (χ1v) is 4.45. The van der Waals surface area contributed by atoms with Crippen molar-refractivity contribution in [1.82, 2.24) is 10.2 Å². The Morgan fingerprint density at radius 1 is 1.29 bits per heavy atom. The third kappa shape index (κ3) is 1.78. The number of nitrogens with two attached hydrogens (primary N) is 1. The number of halogens is 1. The fraction of sp³-hybridized carbons (Fsp3) is 0.250. The van der Waals surface area contributed by atoms with Gasteiger partial charge in [0.2, 0.25) is 5.89 Å². The molecule has 0 bridgehead atoms. The number of nitrogens with zero attached hydrogens (tertiary/aromatic N) is 2. The molecule has 0 spiro atoms. The highest BCUT2D eigenvalue weighted by Gasteiger charge is 2.11. The zero-order valence-corrected chi connectivity index (χ0v) is 7.99. The van der Waals surface area contributed by atoms with E-state index in [4.69, 9.17) is 26.2 Å². The van der Waals surface area contributed by atoms with Gasteiger partial charge >= 0.3 is 0 Å². The maximum Gasteiger partial charge on any atom is 0.283 e. The molecule has 2 aromatic heterocycles. The lowest BCUT2D eigenvalue weighted by molar-refractivity contribution is 0.481. The highest BCUT2D eigenvalue weighted by Crippen LogP contribution is 2.23. The topological polar surface area (TPSA) is 78.1 Å². The number of furan rings is 1. The molecule has 0 atom stereocenters. The van der Waals surface area contributed by atoms with Gasteiger partial charge in [-0.2, -0.15) is 0 Å². The van der Waals surface area contributed by atoms with Crippen LogP contribution in [0.3, 0.4) is 0 Å². The van der Waals surface area contributed by atoms with Crippen molar-refractivity contribution < 1.29 is 8.83 Å². The minimum atomic E-state index is 0.290. The molecule has 0 radical (unpaired) electrons. The first-order chi connectivity index (χ1) is 6.79. The maximum absolute atomic E-state index is 5.60. The van der Waals surface area contributed by atoms with Crippen LogP contribution in [0.1, 0.15) is 5.89 Å². The molecule has 0 aliphatic rings. The molecular formula is C8H8ClN3O2. The van der Waals surface area contributed by atoms with Crippen LogP contribution in [0.4, 0.5) is 0 Å². The van der Waals surface area contributed by atoms with E-state index in [1.54, 1.807) is 12.1 Å². The molecule has 14 heavy (non-hydrogen) atoms. The Bertz CT molecular complexity index is 424. The van der Waals surface area contributed by atoms with Crippen molar-refractivity contribution in [3.8, 4) is 11.7 Å². The van der Waals surface area contributed by atoms with Crippen molar-refractivity contribution in [2.75, 3.05) is 6.54 Å². The van der Waals surface area contributed by atoms with E-state index in [9.17, 15) is 0 Å². The highest BCUT2D eigenvalue weighted by atomic mass is 35.5. The Morgan fingerprint density at radius 3 is 2.79 bits per heavy atom. The van der Waals surface area contributed by atoms with Crippen molar-refractivity contribution in [2.45, 2.75) is 6.42 Å². The van der Waals surface area contributed by atoms with Crippen molar-refractivity contribution in [3.63, 3.8) is 0 Å². The van der Waals surface area contributed by atoms with Gasteiger partial charge in [0.15, 0.2) is 11.0 Å². The van der Waals surface area contributed by atoms with E-state index in [1.165, 1.54) is 0 Å². The lowest BCUT2D eigenvalue weighted by Gasteiger charge is -1.87. The second kappa shape index (κ2) is 3.81. The summed E-state index contributed by atoms with van der Waals surface area (Å²) in [4.78, 5) is 0. The Balaban J connectivity index is 2.24. The van der Waals surface area contributed by atoms with E-state index < -0.39 is 0 Å². The summed E-state index contributed by atoms with van der Waals surface area (Å²) in [6.45, 7) is 0.473. The van der Waals surface area contributed by atoms with Gasteiger partial charge in [-0.05, 0) is 23.7 Å². The van der Waals surface area contributed by atoms with Crippen LogP contribution in [-0.4, -0.2) is 16.7 Å². The lowest BCUT2D eigenvalue weighted by atomic mass is 10.4. The Morgan fingerprint density at radius 2 is 2.14 bits per heavy atom. The average molecular weight is 214 g/mol. The summed E-state index contributed by atoms with van der Waals surface area (Å²) >= 11 is 5.60. The van der Waals surface area contributed by atoms with Crippen LogP contribution in [-0.2, 0) is 6.42 Å². The van der Waals surface area contributed by atoms with Crippen molar-refractivity contribution in [1.29, 1.82) is 0 Å². The van der Waals surface area contributed by atoms with E-state index >= 15 is 0 Å². The van der Waals surface area contributed by atoms with Crippen LogP contribution in [0.15, 0.2) is 21.0 Å². The molecule has 2 N–H and O–H groups in total. The van der Waals surface area contributed by atoms with Crippen LogP contribution in [0, 0.1) is 0 Å². The normalized spacial score (nSPS) is 10.7. The minimum absolute atomic E-state index is 0.290. The standard InChI is InChI=1S/C8H8ClN3O2/c9-6-2-1-5(13-6)8-12-11-7(14-8)3-4-10/h1-2H,3-4,10H2. The molecule has 2 heterocycles. The van der Waals surface area contributed by atoms with Gasteiger partial charge in [-0.25, -0.2) is 0 Å². The molecule has 5 nitrogen and oxygen atoms in total. The largest absolute Gasteiger partial charge is 0.440 e. The number of hydrogen-bond acceptors (Lipinski definition) is 5. The zero-order chi connectivity index (χ0) is 9.97. The third-order valence-corrected chi connectivity index (χ3v) is 1.81. The molecule has 0 fully saturated rings. The van der Waals surface area contributed by atoms with E-state index in [0.717, 1.165) is 0 Å². The molecule has 6 heteroatoms. The first-order valence-electron chi connectivity index (χ1n) is 4.08. The second-order valence-electron chi connectivity index (χ2n) is 2.64. The van der Waals surface area contributed by atoms with E-state index in [2.05, 4.69) is 10.2 Å². The molecule has 2 rings (SSSR count). The predicted molar refractivity (Wildman–Crippen MR) is 49.8 cm³/mol. The molecule has 0 unspecified atom stereocenters. The SMILES string of the molecule is NCCc1nnc(-c2ccc(Cl)o2)o1. The smallest absolute Gasteiger partial charge is 0.283 e. The molecule has 0 aliphatic heterocycles. The fourth-order valence-corrected chi connectivity index (χ4v) is 1.15. The summed E-state index contributed by atoms with van der Waals surface area (Å²) in [5.74, 6) is 1.28. The van der Waals surface area contributed by atoms with E-state index in [-0.39, 0.29) is 0 Å². The Labute approximate surface area is 84.9 Å². The van der Waals surface area contributed by atoms with E-state index in [0.29, 0.717) is 35.7 Å². The van der Waals surface area contributed by atoms with Gasteiger partial charge < -0.3 is 14.6 Å². The summed E-state index contributed by atoms with van der Waals surface area (Å²) in [6.07, 6.45) is 0.557. The van der Waals surface area contributed by atoms with Crippen molar-refractivity contribution in [3.05, 3.63) is 23.2 Å². The third-order valence-electron chi connectivity index (χ3n) is 1.61. The summed E-state index contributed by atoms with van der Waals surface area (Å²) in [5.41, 5.74) is 5.34. The summed E-state index contributed by atoms with van der Waals surface area (Å²) in [6, 6.07) is 3.28. The second-order valence-corrected chi connectivity index (χ2v) is 3.02. The Hall–Kier alpha value is -1.33. The van der Waals surface area contributed by atoms with Crippen molar-refractivity contribution >= 4 is 11.6 Å². The van der Waals surface area contributed by atoms with Gasteiger partial charge in [0.1, 0.15) is 0 Å². The molecule has 0 amide bonds. The lowest BCUT2D eigenvalue weighted by Crippen LogP contribution is -2.02. The predicted octanol–water partition coefficient (Wildman–Crippen LogP) is 1.48. The van der Waals surface area contributed by atoms with Gasteiger partial charge in [0.05, 0.1) is 0 Å². The number of aromatic nitrogens is 2. The first kappa shape index (κ1) is 9.23. The molecule has 0 aromatic carbocycles. The van der Waals surface area contributed by atoms with Crippen LogP contribution >= 0.6 is 11.6 Å². The Kier molecular flexibility index (Phi) is 2.51. The van der Waals surface area contributed by atoms with Crippen LogP contribution < -0.4 is 5.73 Å². The van der Waals surface area contributed by atoms with Crippen LogP contribution in [0.2, 0.25) is 5.22 Å². The molecule has 0 aliphatic carbocycles. The zero-order valence-electron chi connectivity index (χ0n) is 7.24. The average Bonchev–Trinajstić information content (AvgIpc) is 2.74. The summed E-state index contributed by atoms with van der Waals surface area (Å²) < 4.78 is 10.4. The van der Waals surface area contributed by atoms with Gasteiger partial charge in [-0.1, -0.05) is 0 Å². The minimum Gasteiger partial charge on any atom is -0.440 e. The fourth-order valence-electron chi connectivity index (χ4n) is 1.01. The maximum atomic E-state index is 5.60. The van der Waals surface area contributed by atoms with Crippen molar-refractivity contribution in [2.24, 2.45) is 5.73 Å². The van der Waals surface area contributed by atoms with Gasteiger partial charge in [-0.15, -0.1) is 10.2 Å². The van der Waals surface area contributed by atoms with Gasteiger partial charge in [-0.3, -0.25) is 0 Å². The quantitative estimate of drug-likeness (QED) is 0.836. The van der Waals surface area contributed by atoms with E-state index in [1.807, 2.05) is 0 Å². The summed E-state index contributed by atoms with van der Waals surface area (Å²) in [5, 5.41) is 7.88. The molecule has 0 saturated carbocycles. The highest BCUT2D eigenvalue weighted by molar-refractivity contribution is 6.28.